The molecule has 0 saturated carbocycles. The summed E-state index contributed by atoms with van der Waals surface area (Å²) in [6.45, 7) is 6.99. The Bertz CT molecular complexity index is 210. The first-order chi connectivity index (χ1) is 5.78. The van der Waals surface area contributed by atoms with E-state index in [1.54, 1.807) is 12.2 Å². The molecule has 2 atom stereocenters. The quantitative estimate of drug-likeness (QED) is 0.500. The molecule has 0 bridgehead atoms. The fourth-order valence-corrected chi connectivity index (χ4v) is 2.28. The van der Waals surface area contributed by atoms with Crippen LogP contribution in [-0.4, -0.2) is 10.5 Å². The monoisotopic (exact) mass is 196 g/mol. The molecule has 0 spiro atoms. The number of rotatable bonds is 5. The van der Waals surface area contributed by atoms with E-state index in [9.17, 15) is 0 Å². The minimum atomic E-state index is -0.259. The Labute approximate surface area is 80.3 Å². The van der Waals surface area contributed by atoms with Gasteiger partial charge < -0.3 is 0 Å². The Morgan fingerprint density at radius 2 is 1.33 bits per heavy atom. The molecule has 0 heterocycles. The van der Waals surface area contributed by atoms with Gasteiger partial charge in [-0.2, -0.15) is 10.5 Å². The van der Waals surface area contributed by atoms with Gasteiger partial charge in [0, 0.05) is 0 Å². The molecule has 12 heavy (non-hydrogen) atoms. The van der Waals surface area contributed by atoms with E-state index in [-0.39, 0.29) is 10.5 Å². The van der Waals surface area contributed by atoms with E-state index in [2.05, 4.69) is 13.2 Å². The minimum Gasteiger partial charge on any atom is -0.197 e. The van der Waals surface area contributed by atoms with Gasteiger partial charge in [0.1, 0.15) is 10.5 Å². The molecule has 0 aliphatic heterocycles. The first-order valence-electron chi connectivity index (χ1n) is 3.15. The van der Waals surface area contributed by atoms with Gasteiger partial charge >= 0.3 is 0 Å². The van der Waals surface area contributed by atoms with Crippen molar-refractivity contribution < 1.29 is 0 Å². The molecule has 4 heteroatoms. The zero-order valence-corrected chi connectivity index (χ0v) is 8.07. The molecule has 0 saturated heterocycles. The smallest absolute Gasteiger partial charge is 0.120 e. The lowest BCUT2D eigenvalue weighted by Gasteiger charge is -2.03. The second-order valence-corrected chi connectivity index (χ2v) is 4.32. The van der Waals surface area contributed by atoms with Crippen molar-refractivity contribution >= 4 is 21.6 Å². The van der Waals surface area contributed by atoms with E-state index in [4.69, 9.17) is 10.5 Å². The zero-order valence-electron chi connectivity index (χ0n) is 6.43. The summed E-state index contributed by atoms with van der Waals surface area (Å²) < 4.78 is 0. The maximum atomic E-state index is 8.52. The van der Waals surface area contributed by atoms with Crippen molar-refractivity contribution in [1.29, 1.82) is 10.5 Å². The number of nitriles is 2. The largest absolute Gasteiger partial charge is 0.197 e. The van der Waals surface area contributed by atoms with Gasteiger partial charge in [0.05, 0.1) is 12.1 Å². The van der Waals surface area contributed by atoms with Gasteiger partial charge in [-0.05, 0) is 0 Å². The highest BCUT2D eigenvalue weighted by Gasteiger charge is 2.07. The predicted octanol–water partition coefficient (Wildman–Crippen LogP) is 2.52. The highest BCUT2D eigenvalue weighted by atomic mass is 33.1. The first-order valence-corrected chi connectivity index (χ1v) is 5.42. The fraction of sp³-hybridized carbons (Fsp3) is 0.250. The van der Waals surface area contributed by atoms with Gasteiger partial charge in [0.25, 0.3) is 0 Å². The van der Waals surface area contributed by atoms with Gasteiger partial charge in [0.2, 0.25) is 0 Å². The van der Waals surface area contributed by atoms with Crippen LogP contribution in [0.1, 0.15) is 0 Å². The summed E-state index contributed by atoms with van der Waals surface area (Å²) in [6.07, 6.45) is 3.10. The summed E-state index contributed by atoms with van der Waals surface area (Å²) in [6, 6.07) is 4.07. The molecule has 0 fully saturated rings. The van der Waals surface area contributed by atoms with Crippen LogP contribution in [0.15, 0.2) is 25.3 Å². The maximum Gasteiger partial charge on any atom is 0.120 e. The highest BCUT2D eigenvalue weighted by Crippen LogP contribution is 2.31. The molecule has 62 valence electrons. The minimum absolute atomic E-state index is 0.259. The molecular formula is C8H8N2S2. The Morgan fingerprint density at radius 3 is 1.50 bits per heavy atom. The van der Waals surface area contributed by atoms with Crippen LogP contribution in [0.4, 0.5) is 0 Å². The van der Waals surface area contributed by atoms with Crippen LogP contribution in [0.3, 0.4) is 0 Å². The predicted molar refractivity (Wildman–Crippen MR) is 54.4 cm³/mol. The lowest BCUT2D eigenvalue weighted by atomic mass is 10.5. The van der Waals surface area contributed by atoms with Crippen molar-refractivity contribution in [3.8, 4) is 12.1 Å². The van der Waals surface area contributed by atoms with Crippen molar-refractivity contribution in [3.63, 3.8) is 0 Å². The van der Waals surface area contributed by atoms with E-state index < -0.39 is 0 Å². The fourth-order valence-electron chi connectivity index (χ4n) is 0.347. The Morgan fingerprint density at radius 1 is 1.00 bits per heavy atom. The normalized spacial score (nSPS) is 13.5. The van der Waals surface area contributed by atoms with Gasteiger partial charge in [-0.3, -0.25) is 0 Å². The van der Waals surface area contributed by atoms with Crippen molar-refractivity contribution in [2.24, 2.45) is 0 Å². The first kappa shape index (κ1) is 11.2. The maximum absolute atomic E-state index is 8.52. The molecule has 0 aromatic heterocycles. The molecule has 0 aliphatic rings. The van der Waals surface area contributed by atoms with Crippen molar-refractivity contribution in [2.75, 3.05) is 0 Å². The number of hydrogen-bond donors (Lipinski definition) is 0. The third-order valence-electron chi connectivity index (χ3n) is 0.946. The number of nitrogens with zero attached hydrogens (tertiary/aromatic N) is 2. The summed E-state index contributed by atoms with van der Waals surface area (Å²) in [7, 11) is 2.65. The lowest BCUT2D eigenvalue weighted by Crippen LogP contribution is -1.94. The second-order valence-electron chi connectivity index (χ2n) is 1.76. The molecule has 0 radical (unpaired) electrons. The van der Waals surface area contributed by atoms with Crippen LogP contribution in [0.2, 0.25) is 0 Å². The summed E-state index contributed by atoms with van der Waals surface area (Å²) in [5.41, 5.74) is 0. The molecule has 0 aromatic rings. The Balaban J connectivity index is 3.82. The van der Waals surface area contributed by atoms with Crippen LogP contribution in [-0.2, 0) is 0 Å². The van der Waals surface area contributed by atoms with Crippen LogP contribution in [0.5, 0.6) is 0 Å². The van der Waals surface area contributed by atoms with Crippen LogP contribution < -0.4 is 0 Å². The Kier molecular flexibility index (Phi) is 6.37. The average Bonchev–Trinajstić information content (AvgIpc) is 2.13. The molecule has 2 nitrogen and oxygen atoms in total. The highest BCUT2D eigenvalue weighted by molar-refractivity contribution is 8.77. The van der Waals surface area contributed by atoms with E-state index in [1.165, 1.54) is 21.6 Å². The standard InChI is InChI=1S/C8H8N2S2/c1-3-7(5-9)11-12-8(4-2)6-10/h3-4,7-8H,1-2H2. The molecule has 0 aromatic carbocycles. The van der Waals surface area contributed by atoms with E-state index >= 15 is 0 Å². The van der Waals surface area contributed by atoms with Gasteiger partial charge in [0.15, 0.2) is 0 Å². The van der Waals surface area contributed by atoms with E-state index in [0.717, 1.165) is 0 Å². The number of hydrogen-bond acceptors (Lipinski definition) is 4. The van der Waals surface area contributed by atoms with Crippen LogP contribution in [0, 0.1) is 22.7 Å². The summed E-state index contributed by atoms with van der Waals surface area (Å²) in [4.78, 5) is 0. The topological polar surface area (TPSA) is 47.6 Å². The third-order valence-corrected chi connectivity index (χ3v) is 3.64. The zero-order chi connectivity index (χ0) is 9.40. The van der Waals surface area contributed by atoms with Crippen LogP contribution in [0.25, 0.3) is 0 Å². The molecule has 0 aliphatic carbocycles. The van der Waals surface area contributed by atoms with Crippen molar-refractivity contribution in [1.82, 2.24) is 0 Å². The summed E-state index contributed by atoms with van der Waals surface area (Å²) in [5, 5.41) is 16.5. The summed E-state index contributed by atoms with van der Waals surface area (Å²) in [5.74, 6) is 0. The van der Waals surface area contributed by atoms with Gasteiger partial charge in [-0.25, -0.2) is 0 Å². The third kappa shape index (κ3) is 4.12. The SMILES string of the molecule is C=CC(C#N)SSC(C#N)C=C. The van der Waals surface area contributed by atoms with Crippen molar-refractivity contribution in [2.45, 2.75) is 10.5 Å². The van der Waals surface area contributed by atoms with Gasteiger partial charge in [-0.15, -0.1) is 13.2 Å². The van der Waals surface area contributed by atoms with Gasteiger partial charge in [-0.1, -0.05) is 33.7 Å². The van der Waals surface area contributed by atoms with E-state index in [1.807, 2.05) is 12.1 Å². The molecule has 2 unspecified atom stereocenters. The molecular weight excluding hydrogens is 188 g/mol. The second kappa shape index (κ2) is 6.84. The average molecular weight is 196 g/mol. The lowest BCUT2D eigenvalue weighted by molar-refractivity contribution is 1.37. The van der Waals surface area contributed by atoms with E-state index in [0.29, 0.717) is 0 Å². The van der Waals surface area contributed by atoms with Crippen molar-refractivity contribution in [3.05, 3.63) is 25.3 Å². The Hall–Kier alpha value is -0.840. The van der Waals surface area contributed by atoms with Crippen LogP contribution >= 0.6 is 21.6 Å². The molecule has 0 N–H and O–H groups in total. The summed E-state index contributed by atoms with van der Waals surface area (Å²) >= 11 is 0. The molecule has 0 amide bonds. The molecule has 0 rings (SSSR count).